The standard InChI is InChI=1S/C17H18O2S/c1-3-12-5-7-14(8-6-12)20-15-9-10-16(17(18)19)13(4-2)11-15/h5-11H,3-4H2,1-2H3,(H,18,19). The molecule has 0 aliphatic rings. The van der Waals surface area contributed by atoms with E-state index in [1.165, 1.54) is 10.5 Å². The lowest BCUT2D eigenvalue weighted by Crippen LogP contribution is -2.01. The number of carbonyl (C=O) groups is 1. The van der Waals surface area contributed by atoms with E-state index in [2.05, 4.69) is 31.2 Å². The quantitative estimate of drug-likeness (QED) is 0.868. The molecule has 104 valence electrons. The molecule has 1 N–H and O–H groups in total. The lowest BCUT2D eigenvalue weighted by atomic mass is 10.1. The number of aryl methyl sites for hydroxylation is 2. The van der Waals surface area contributed by atoms with Gasteiger partial charge in [0.05, 0.1) is 5.56 Å². The number of hydrogen-bond donors (Lipinski definition) is 1. The highest BCUT2D eigenvalue weighted by atomic mass is 32.2. The molecule has 0 spiro atoms. The van der Waals surface area contributed by atoms with Crippen LogP contribution in [0.25, 0.3) is 0 Å². The maximum Gasteiger partial charge on any atom is 0.335 e. The molecular weight excluding hydrogens is 268 g/mol. The van der Waals surface area contributed by atoms with Gasteiger partial charge in [0, 0.05) is 9.79 Å². The fourth-order valence-electron chi connectivity index (χ4n) is 2.06. The van der Waals surface area contributed by atoms with Crippen molar-refractivity contribution in [2.24, 2.45) is 0 Å². The number of carboxylic acid groups (broad SMARTS) is 1. The summed E-state index contributed by atoms with van der Waals surface area (Å²) in [6.45, 7) is 4.12. The van der Waals surface area contributed by atoms with Crippen LogP contribution < -0.4 is 0 Å². The summed E-state index contributed by atoms with van der Waals surface area (Å²) in [6.07, 6.45) is 1.77. The SMILES string of the molecule is CCc1ccc(Sc2ccc(C(=O)O)c(CC)c2)cc1. The Kier molecular flexibility index (Phi) is 4.85. The van der Waals surface area contributed by atoms with E-state index in [1.807, 2.05) is 19.1 Å². The zero-order valence-electron chi connectivity index (χ0n) is 11.7. The average molecular weight is 286 g/mol. The number of rotatable bonds is 5. The maximum absolute atomic E-state index is 11.1. The van der Waals surface area contributed by atoms with Crippen LogP contribution in [0.15, 0.2) is 52.3 Å². The Morgan fingerprint density at radius 2 is 1.65 bits per heavy atom. The van der Waals surface area contributed by atoms with Crippen molar-refractivity contribution in [3.8, 4) is 0 Å². The second-order valence-electron chi connectivity index (χ2n) is 4.58. The van der Waals surface area contributed by atoms with Crippen LogP contribution in [0.1, 0.15) is 35.3 Å². The fourth-order valence-corrected chi connectivity index (χ4v) is 2.95. The third-order valence-corrected chi connectivity index (χ3v) is 4.25. The predicted molar refractivity (Wildman–Crippen MR) is 82.7 cm³/mol. The average Bonchev–Trinajstić information content (AvgIpc) is 2.47. The number of benzene rings is 2. The Bertz CT molecular complexity index is 603. The number of hydrogen-bond acceptors (Lipinski definition) is 2. The van der Waals surface area contributed by atoms with Gasteiger partial charge in [0.1, 0.15) is 0 Å². The fraction of sp³-hybridized carbons (Fsp3) is 0.235. The topological polar surface area (TPSA) is 37.3 Å². The second-order valence-corrected chi connectivity index (χ2v) is 5.72. The van der Waals surface area contributed by atoms with Crippen molar-refractivity contribution < 1.29 is 9.90 Å². The van der Waals surface area contributed by atoms with Gasteiger partial charge in [-0.25, -0.2) is 4.79 Å². The van der Waals surface area contributed by atoms with E-state index in [1.54, 1.807) is 17.8 Å². The van der Waals surface area contributed by atoms with Crippen molar-refractivity contribution in [1.29, 1.82) is 0 Å². The highest BCUT2D eigenvalue weighted by Gasteiger charge is 2.09. The summed E-state index contributed by atoms with van der Waals surface area (Å²) in [7, 11) is 0. The molecule has 2 aromatic rings. The molecule has 0 atom stereocenters. The van der Waals surface area contributed by atoms with E-state index in [0.29, 0.717) is 5.56 Å². The Labute approximate surface area is 123 Å². The van der Waals surface area contributed by atoms with Gasteiger partial charge in [0.2, 0.25) is 0 Å². The van der Waals surface area contributed by atoms with Crippen molar-refractivity contribution in [3.63, 3.8) is 0 Å². The van der Waals surface area contributed by atoms with Gasteiger partial charge >= 0.3 is 5.97 Å². The smallest absolute Gasteiger partial charge is 0.335 e. The lowest BCUT2D eigenvalue weighted by molar-refractivity contribution is 0.0695. The monoisotopic (exact) mass is 286 g/mol. The first-order valence-corrected chi connectivity index (χ1v) is 7.58. The highest BCUT2D eigenvalue weighted by Crippen LogP contribution is 2.29. The molecule has 0 fully saturated rings. The lowest BCUT2D eigenvalue weighted by Gasteiger charge is -2.07. The van der Waals surface area contributed by atoms with E-state index in [-0.39, 0.29) is 0 Å². The third kappa shape index (κ3) is 3.42. The normalized spacial score (nSPS) is 10.5. The van der Waals surface area contributed by atoms with E-state index >= 15 is 0 Å². The Morgan fingerprint density at radius 3 is 2.20 bits per heavy atom. The molecule has 0 unspecified atom stereocenters. The van der Waals surface area contributed by atoms with Crippen molar-refractivity contribution >= 4 is 17.7 Å². The summed E-state index contributed by atoms with van der Waals surface area (Å²) in [5, 5.41) is 9.13. The molecule has 0 aromatic heterocycles. The van der Waals surface area contributed by atoms with E-state index in [0.717, 1.165) is 23.3 Å². The minimum Gasteiger partial charge on any atom is -0.478 e. The number of aromatic carboxylic acids is 1. The third-order valence-electron chi connectivity index (χ3n) is 3.26. The first kappa shape index (κ1) is 14.7. The van der Waals surface area contributed by atoms with Crippen LogP contribution in [-0.2, 0) is 12.8 Å². The molecule has 2 aromatic carbocycles. The summed E-state index contributed by atoms with van der Waals surface area (Å²) in [5.74, 6) is -0.856. The molecule has 0 saturated heterocycles. The zero-order chi connectivity index (χ0) is 14.5. The van der Waals surface area contributed by atoms with Crippen molar-refractivity contribution in [3.05, 3.63) is 59.2 Å². The molecule has 20 heavy (non-hydrogen) atoms. The molecular formula is C17H18O2S. The highest BCUT2D eigenvalue weighted by molar-refractivity contribution is 7.99. The van der Waals surface area contributed by atoms with Crippen LogP contribution in [0.2, 0.25) is 0 Å². The molecule has 0 radical (unpaired) electrons. The zero-order valence-corrected chi connectivity index (χ0v) is 12.5. The van der Waals surface area contributed by atoms with Gasteiger partial charge in [-0.05, 0) is 54.3 Å². The molecule has 2 nitrogen and oxygen atoms in total. The van der Waals surface area contributed by atoms with Crippen LogP contribution in [0.3, 0.4) is 0 Å². The van der Waals surface area contributed by atoms with Crippen LogP contribution in [0, 0.1) is 0 Å². The molecule has 0 bridgehead atoms. The van der Waals surface area contributed by atoms with Crippen LogP contribution in [0.5, 0.6) is 0 Å². The van der Waals surface area contributed by atoms with E-state index in [4.69, 9.17) is 5.11 Å². The second kappa shape index (κ2) is 6.62. The summed E-state index contributed by atoms with van der Waals surface area (Å²) >= 11 is 1.66. The van der Waals surface area contributed by atoms with Gasteiger partial charge in [-0.15, -0.1) is 0 Å². The summed E-state index contributed by atoms with van der Waals surface area (Å²) in [4.78, 5) is 13.4. The van der Waals surface area contributed by atoms with Gasteiger partial charge in [-0.2, -0.15) is 0 Å². The Balaban J connectivity index is 2.22. The Morgan fingerprint density at radius 1 is 1.00 bits per heavy atom. The van der Waals surface area contributed by atoms with E-state index < -0.39 is 5.97 Å². The van der Waals surface area contributed by atoms with Crippen molar-refractivity contribution in [1.82, 2.24) is 0 Å². The number of carboxylic acids is 1. The van der Waals surface area contributed by atoms with Crippen molar-refractivity contribution in [2.45, 2.75) is 36.5 Å². The van der Waals surface area contributed by atoms with Gasteiger partial charge in [-0.1, -0.05) is 37.7 Å². The van der Waals surface area contributed by atoms with Gasteiger partial charge < -0.3 is 5.11 Å². The van der Waals surface area contributed by atoms with Crippen LogP contribution in [-0.4, -0.2) is 11.1 Å². The largest absolute Gasteiger partial charge is 0.478 e. The van der Waals surface area contributed by atoms with Gasteiger partial charge in [-0.3, -0.25) is 0 Å². The molecule has 0 amide bonds. The van der Waals surface area contributed by atoms with Gasteiger partial charge in [0.15, 0.2) is 0 Å². The van der Waals surface area contributed by atoms with Crippen LogP contribution >= 0.6 is 11.8 Å². The van der Waals surface area contributed by atoms with Crippen LogP contribution in [0.4, 0.5) is 0 Å². The maximum atomic E-state index is 11.1. The minimum absolute atomic E-state index is 0.401. The molecule has 0 saturated carbocycles. The molecule has 2 rings (SSSR count). The first-order chi connectivity index (χ1) is 9.63. The minimum atomic E-state index is -0.856. The summed E-state index contributed by atoms with van der Waals surface area (Å²) in [5.41, 5.74) is 2.61. The first-order valence-electron chi connectivity index (χ1n) is 6.77. The predicted octanol–water partition coefficient (Wildman–Crippen LogP) is 4.66. The summed E-state index contributed by atoms with van der Waals surface area (Å²) in [6, 6.07) is 14.0. The molecule has 0 heterocycles. The van der Waals surface area contributed by atoms with Gasteiger partial charge in [0.25, 0.3) is 0 Å². The molecule has 0 aliphatic heterocycles. The molecule has 0 aliphatic carbocycles. The molecule has 3 heteroatoms. The van der Waals surface area contributed by atoms with Crippen molar-refractivity contribution in [2.75, 3.05) is 0 Å². The Hall–Kier alpha value is -1.74. The van der Waals surface area contributed by atoms with E-state index in [9.17, 15) is 4.79 Å². The summed E-state index contributed by atoms with van der Waals surface area (Å²) < 4.78 is 0.